The van der Waals surface area contributed by atoms with Crippen LogP contribution in [0.3, 0.4) is 0 Å². The summed E-state index contributed by atoms with van der Waals surface area (Å²) in [4.78, 5) is 36.3. The maximum atomic E-state index is 13.3. The third-order valence-electron chi connectivity index (χ3n) is 3.85. The molecule has 7 nitrogen and oxygen atoms in total. The van der Waals surface area contributed by atoms with Gasteiger partial charge in [-0.2, -0.15) is 18.3 Å². The van der Waals surface area contributed by atoms with Gasteiger partial charge in [-0.15, -0.1) is 0 Å². The first-order chi connectivity index (χ1) is 13.1. The van der Waals surface area contributed by atoms with Crippen LogP contribution in [0.4, 0.5) is 13.2 Å². The van der Waals surface area contributed by atoms with Crippen LogP contribution in [0.25, 0.3) is 5.69 Å². The molecule has 0 fully saturated rings. The van der Waals surface area contributed by atoms with Crippen molar-refractivity contribution in [1.29, 1.82) is 0 Å². The Hall–Kier alpha value is -3.17. The van der Waals surface area contributed by atoms with Gasteiger partial charge in [-0.1, -0.05) is 12.1 Å². The number of hydrogen-bond acceptors (Lipinski definition) is 4. The summed E-state index contributed by atoms with van der Waals surface area (Å²) in [6.07, 6.45) is -4.65. The van der Waals surface area contributed by atoms with Crippen molar-refractivity contribution in [3.05, 3.63) is 57.5 Å². The molecule has 0 aliphatic heterocycles. The standard InChI is InChI=1S/C18H19F3N4O3/c1-4-22-16(27)11(3)23-17(28)15-14(26)9-10(2)25(24-15)13-8-6-5-7-12(13)18(19,20)21/h5-9,11H,4H2,1-3H3,(H,22,27)(H,23,28). The molecule has 10 heteroatoms. The van der Waals surface area contributed by atoms with Crippen molar-refractivity contribution in [1.82, 2.24) is 20.4 Å². The zero-order valence-corrected chi connectivity index (χ0v) is 15.4. The van der Waals surface area contributed by atoms with Crippen LogP contribution in [-0.4, -0.2) is 34.2 Å². The highest BCUT2D eigenvalue weighted by Gasteiger charge is 2.34. The van der Waals surface area contributed by atoms with Gasteiger partial charge in [0.1, 0.15) is 6.04 Å². The molecular weight excluding hydrogens is 377 g/mol. The smallest absolute Gasteiger partial charge is 0.355 e. The van der Waals surface area contributed by atoms with Crippen LogP contribution in [0.5, 0.6) is 0 Å². The lowest BCUT2D eigenvalue weighted by Crippen LogP contribution is -2.46. The van der Waals surface area contributed by atoms with Gasteiger partial charge < -0.3 is 10.6 Å². The summed E-state index contributed by atoms with van der Waals surface area (Å²) in [5.74, 6) is -1.42. The normalized spacial score (nSPS) is 12.4. The van der Waals surface area contributed by atoms with Gasteiger partial charge in [0.05, 0.1) is 11.3 Å². The molecule has 0 radical (unpaired) electrons. The van der Waals surface area contributed by atoms with E-state index in [0.29, 0.717) is 6.54 Å². The molecule has 0 saturated heterocycles. The van der Waals surface area contributed by atoms with E-state index in [-0.39, 0.29) is 11.4 Å². The van der Waals surface area contributed by atoms with Crippen molar-refractivity contribution in [3.63, 3.8) is 0 Å². The molecule has 1 unspecified atom stereocenters. The number of alkyl halides is 3. The number of nitrogens with one attached hydrogen (secondary N) is 2. The van der Waals surface area contributed by atoms with Crippen molar-refractivity contribution in [2.75, 3.05) is 6.54 Å². The lowest BCUT2D eigenvalue weighted by atomic mass is 10.1. The van der Waals surface area contributed by atoms with Crippen LogP contribution in [0.2, 0.25) is 0 Å². The van der Waals surface area contributed by atoms with E-state index in [2.05, 4.69) is 15.7 Å². The van der Waals surface area contributed by atoms with Crippen LogP contribution in [0.1, 0.15) is 35.6 Å². The number of halogens is 3. The fourth-order valence-corrected chi connectivity index (χ4v) is 2.50. The Bertz CT molecular complexity index is 954. The number of benzene rings is 1. The van der Waals surface area contributed by atoms with E-state index < -0.39 is 40.7 Å². The predicted octanol–water partition coefficient (Wildman–Crippen LogP) is 1.81. The van der Waals surface area contributed by atoms with Crippen LogP contribution in [0.15, 0.2) is 35.1 Å². The van der Waals surface area contributed by atoms with Gasteiger partial charge in [0.2, 0.25) is 11.3 Å². The first kappa shape index (κ1) is 21.1. The molecule has 2 N–H and O–H groups in total. The summed E-state index contributed by atoms with van der Waals surface area (Å²) in [6, 6.07) is 4.75. The molecular formula is C18H19F3N4O3. The van der Waals surface area contributed by atoms with Gasteiger partial charge in [0.15, 0.2) is 5.69 Å². The van der Waals surface area contributed by atoms with Crippen LogP contribution >= 0.6 is 0 Å². The monoisotopic (exact) mass is 396 g/mol. The number of carbonyl (C=O) groups is 2. The quantitative estimate of drug-likeness (QED) is 0.806. The second-order valence-corrected chi connectivity index (χ2v) is 6.02. The highest BCUT2D eigenvalue weighted by molar-refractivity contribution is 5.95. The average molecular weight is 396 g/mol. The van der Waals surface area contributed by atoms with Gasteiger partial charge >= 0.3 is 6.18 Å². The molecule has 0 saturated carbocycles. The molecule has 1 atom stereocenters. The number of likely N-dealkylation sites (N-methyl/N-ethyl adjacent to an activating group) is 1. The van der Waals surface area contributed by atoms with Crippen molar-refractivity contribution >= 4 is 11.8 Å². The minimum atomic E-state index is -4.65. The summed E-state index contributed by atoms with van der Waals surface area (Å²) < 4.78 is 40.8. The average Bonchev–Trinajstić information content (AvgIpc) is 2.61. The van der Waals surface area contributed by atoms with Crippen molar-refractivity contribution in [3.8, 4) is 5.69 Å². The van der Waals surface area contributed by atoms with Crippen molar-refractivity contribution in [2.24, 2.45) is 0 Å². The van der Waals surface area contributed by atoms with E-state index >= 15 is 0 Å². The Labute approximate surface area is 158 Å². The first-order valence-electron chi connectivity index (χ1n) is 8.42. The molecule has 2 rings (SSSR count). The number of aryl methyl sites for hydroxylation is 1. The molecule has 1 aromatic carbocycles. The Morgan fingerprint density at radius 3 is 2.50 bits per heavy atom. The summed E-state index contributed by atoms with van der Waals surface area (Å²) >= 11 is 0. The Kier molecular flexibility index (Phi) is 6.22. The molecule has 150 valence electrons. The highest BCUT2D eigenvalue weighted by Crippen LogP contribution is 2.33. The number of aromatic nitrogens is 2. The zero-order chi connectivity index (χ0) is 21.1. The Morgan fingerprint density at radius 1 is 1.25 bits per heavy atom. The van der Waals surface area contributed by atoms with Crippen molar-refractivity contribution < 1.29 is 22.8 Å². The Morgan fingerprint density at radius 2 is 1.89 bits per heavy atom. The number of nitrogens with zero attached hydrogens (tertiary/aromatic N) is 2. The summed E-state index contributed by atoms with van der Waals surface area (Å²) in [6.45, 7) is 4.86. The van der Waals surface area contributed by atoms with E-state index in [1.165, 1.54) is 32.0 Å². The third-order valence-corrected chi connectivity index (χ3v) is 3.85. The van der Waals surface area contributed by atoms with E-state index in [9.17, 15) is 27.6 Å². The maximum absolute atomic E-state index is 13.3. The Balaban J connectivity index is 2.48. The number of hydrogen-bond donors (Lipinski definition) is 2. The van der Waals surface area contributed by atoms with E-state index in [0.717, 1.165) is 16.8 Å². The molecule has 0 aliphatic rings. The summed E-state index contributed by atoms with van der Waals surface area (Å²) in [5, 5.41) is 8.66. The highest BCUT2D eigenvalue weighted by atomic mass is 19.4. The lowest BCUT2D eigenvalue weighted by molar-refractivity contribution is -0.137. The number of carbonyl (C=O) groups excluding carboxylic acids is 2. The fourth-order valence-electron chi connectivity index (χ4n) is 2.50. The molecule has 2 amide bonds. The topological polar surface area (TPSA) is 93.1 Å². The summed E-state index contributed by atoms with van der Waals surface area (Å²) in [5.41, 5.74) is -2.54. The van der Waals surface area contributed by atoms with Gasteiger partial charge in [-0.3, -0.25) is 14.4 Å². The fraction of sp³-hybridized carbons (Fsp3) is 0.333. The minimum Gasteiger partial charge on any atom is -0.355 e. The minimum absolute atomic E-state index is 0.120. The van der Waals surface area contributed by atoms with Crippen LogP contribution in [0, 0.1) is 6.92 Å². The third kappa shape index (κ3) is 4.56. The molecule has 0 spiro atoms. The van der Waals surface area contributed by atoms with E-state index in [1.54, 1.807) is 6.92 Å². The van der Waals surface area contributed by atoms with Gasteiger partial charge in [-0.05, 0) is 32.9 Å². The van der Waals surface area contributed by atoms with Crippen LogP contribution < -0.4 is 16.1 Å². The molecule has 28 heavy (non-hydrogen) atoms. The number of rotatable bonds is 5. The van der Waals surface area contributed by atoms with Gasteiger partial charge in [0, 0.05) is 18.3 Å². The van der Waals surface area contributed by atoms with E-state index in [4.69, 9.17) is 0 Å². The SMILES string of the molecule is CCNC(=O)C(C)NC(=O)c1nn(-c2ccccc2C(F)(F)F)c(C)cc1=O. The molecule has 1 aromatic heterocycles. The second-order valence-electron chi connectivity index (χ2n) is 6.02. The van der Waals surface area contributed by atoms with Crippen molar-refractivity contribution in [2.45, 2.75) is 33.0 Å². The summed E-state index contributed by atoms with van der Waals surface area (Å²) in [7, 11) is 0. The number of amides is 2. The van der Waals surface area contributed by atoms with Crippen LogP contribution in [-0.2, 0) is 11.0 Å². The van der Waals surface area contributed by atoms with Gasteiger partial charge in [0.25, 0.3) is 5.91 Å². The molecule has 0 bridgehead atoms. The zero-order valence-electron chi connectivity index (χ0n) is 15.4. The van der Waals surface area contributed by atoms with Gasteiger partial charge in [-0.25, -0.2) is 4.68 Å². The lowest BCUT2D eigenvalue weighted by Gasteiger charge is -2.17. The molecule has 0 aliphatic carbocycles. The maximum Gasteiger partial charge on any atom is 0.418 e. The predicted molar refractivity (Wildman–Crippen MR) is 95.2 cm³/mol. The second kappa shape index (κ2) is 8.24. The first-order valence-corrected chi connectivity index (χ1v) is 8.42. The molecule has 1 heterocycles. The van der Waals surface area contributed by atoms with E-state index in [1.807, 2.05) is 0 Å². The number of para-hydroxylation sites is 1. The molecule has 2 aromatic rings. The largest absolute Gasteiger partial charge is 0.418 e.